The molecule has 0 spiro atoms. The molecule has 0 aliphatic heterocycles. The van der Waals surface area contributed by atoms with Gasteiger partial charge >= 0.3 is 0 Å². The molecule has 13 heteroatoms. The van der Waals surface area contributed by atoms with Gasteiger partial charge in [0, 0.05) is 22.2 Å². The molecule has 0 aromatic heterocycles. The molecule has 36 heavy (non-hydrogen) atoms. The second kappa shape index (κ2) is 11.1. The minimum absolute atomic E-state index is 0.0762. The van der Waals surface area contributed by atoms with E-state index in [0.29, 0.717) is 4.31 Å². The second-order valence-electron chi connectivity index (χ2n) is 7.35. The van der Waals surface area contributed by atoms with Gasteiger partial charge in [0.25, 0.3) is 21.6 Å². The molecule has 0 atom stereocenters. The highest BCUT2D eigenvalue weighted by atomic mass is 35.5. The Balaban J connectivity index is 2.01. The standard InChI is InChI=1S/C23H20ClFN4O6S/c1-15-7-9-18(12-20(15)29(31)32)36(33,34)28(21-11-17(24)8-10-22(21)35-2)14-23(30)27-26-13-16-5-3-4-6-19(16)25/h3-13H,14H2,1-2H3,(H,27,30)/b26-13-. The Bertz CT molecular complexity index is 1450. The van der Waals surface area contributed by atoms with Crippen molar-refractivity contribution >= 4 is 45.1 Å². The number of hydrogen-bond donors (Lipinski definition) is 1. The van der Waals surface area contributed by atoms with Crippen LogP contribution in [0.2, 0.25) is 5.02 Å². The van der Waals surface area contributed by atoms with Crippen molar-refractivity contribution in [2.75, 3.05) is 18.0 Å². The number of methoxy groups -OCH3 is 1. The fraction of sp³-hybridized carbons (Fsp3) is 0.130. The Morgan fingerprint density at radius 3 is 2.61 bits per heavy atom. The van der Waals surface area contributed by atoms with Gasteiger partial charge in [-0.05, 0) is 37.3 Å². The van der Waals surface area contributed by atoms with Crippen LogP contribution in [0.4, 0.5) is 15.8 Å². The van der Waals surface area contributed by atoms with E-state index in [1.807, 2.05) is 0 Å². The number of amides is 1. The summed E-state index contributed by atoms with van der Waals surface area (Å²) < 4.78 is 46.9. The van der Waals surface area contributed by atoms with Gasteiger partial charge in [0.1, 0.15) is 18.1 Å². The molecule has 0 radical (unpaired) electrons. The third-order valence-electron chi connectivity index (χ3n) is 4.96. The summed E-state index contributed by atoms with van der Waals surface area (Å²) in [6.07, 6.45) is 1.06. The quantitative estimate of drug-likeness (QED) is 0.250. The van der Waals surface area contributed by atoms with Crippen molar-refractivity contribution in [2.24, 2.45) is 5.10 Å². The van der Waals surface area contributed by atoms with Crippen molar-refractivity contribution < 1.29 is 27.3 Å². The van der Waals surface area contributed by atoms with Gasteiger partial charge in [0.2, 0.25) is 0 Å². The maximum absolute atomic E-state index is 13.8. The third kappa shape index (κ3) is 5.96. The van der Waals surface area contributed by atoms with Crippen molar-refractivity contribution in [3.05, 3.63) is 92.7 Å². The van der Waals surface area contributed by atoms with E-state index in [-0.39, 0.29) is 27.6 Å². The molecule has 0 bridgehead atoms. The van der Waals surface area contributed by atoms with Gasteiger partial charge in [-0.15, -0.1) is 0 Å². The molecule has 3 rings (SSSR count). The number of ether oxygens (including phenoxy) is 1. The zero-order valence-electron chi connectivity index (χ0n) is 19.0. The number of rotatable bonds is 9. The van der Waals surface area contributed by atoms with Crippen molar-refractivity contribution in [1.82, 2.24) is 5.43 Å². The summed E-state index contributed by atoms with van der Waals surface area (Å²) in [5, 5.41) is 15.2. The maximum Gasteiger partial charge on any atom is 0.273 e. The molecule has 0 fully saturated rings. The van der Waals surface area contributed by atoms with Crippen LogP contribution < -0.4 is 14.5 Å². The summed E-state index contributed by atoms with van der Waals surface area (Å²) in [5.74, 6) is -1.37. The third-order valence-corrected chi connectivity index (χ3v) is 6.95. The number of anilines is 1. The number of halogens is 2. The van der Waals surface area contributed by atoms with Crippen LogP contribution >= 0.6 is 11.6 Å². The van der Waals surface area contributed by atoms with E-state index in [0.717, 1.165) is 12.3 Å². The zero-order valence-corrected chi connectivity index (χ0v) is 20.6. The largest absolute Gasteiger partial charge is 0.495 e. The Morgan fingerprint density at radius 1 is 1.22 bits per heavy atom. The predicted octanol–water partition coefficient (Wildman–Crippen LogP) is 4.05. The van der Waals surface area contributed by atoms with Crippen LogP contribution in [0.25, 0.3) is 0 Å². The van der Waals surface area contributed by atoms with E-state index < -0.39 is 43.8 Å². The van der Waals surface area contributed by atoms with Crippen LogP contribution in [0.15, 0.2) is 70.7 Å². The first-order valence-electron chi connectivity index (χ1n) is 10.2. The highest BCUT2D eigenvalue weighted by Gasteiger charge is 2.31. The van der Waals surface area contributed by atoms with Crippen LogP contribution in [0.1, 0.15) is 11.1 Å². The Hall–Kier alpha value is -4.03. The Kier molecular flexibility index (Phi) is 8.22. The summed E-state index contributed by atoms with van der Waals surface area (Å²) in [7, 11) is -3.24. The van der Waals surface area contributed by atoms with Crippen LogP contribution in [0, 0.1) is 22.9 Å². The lowest BCUT2D eigenvalue weighted by Crippen LogP contribution is -2.39. The number of hydrazone groups is 1. The SMILES string of the molecule is COc1ccc(Cl)cc1N(CC(=O)N/N=C\c1ccccc1F)S(=O)(=O)c1ccc(C)c([N+](=O)[O-])c1. The molecule has 0 heterocycles. The van der Waals surface area contributed by atoms with Crippen LogP contribution in [-0.4, -0.2) is 39.1 Å². The minimum atomic E-state index is -4.54. The first-order valence-corrected chi connectivity index (χ1v) is 12.0. The number of carbonyl (C=O) groups excluding carboxylic acids is 1. The van der Waals surface area contributed by atoms with Crippen LogP contribution in [0.3, 0.4) is 0 Å². The summed E-state index contributed by atoms with van der Waals surface area (Å²) in [4.78, 5) is 22.9. The number of nitrogens with zero attached hydrogens (tertiary/aromatic N) is 3. The lowest BCUT2D eigenvalue weighted by Gasteiger charge is -2.25. The van der Waals surface area contributed by atoms with Crippen LogP contribution in [-0.2, 0) is 14.8 Å². The first kappa shape index (κ1) is 26.6. The van der Waals surface area contributed by atoms with Crippen molar-refractivity contribution in [3.63, 3.8) is 0 Å². The fourth-order valence-corrected chi connectivity index (χ4v) is 4.76. The number of nitro groups is 1. The molecule has 3 aromatic rings. The molecular formula is C23H20ClFN4O6S. The van der Waals surface area contributed by atoms with Crippen molar-refractivity contribution in [3.8, 4) is 5.75 Å². The van der Waals surface area contributed by atoms with Gasteiger partial charge in [-0.3, -0.25) is 19.2 Å². The van der Waals surface area contributed by atoms with E-state index in [9.17, 15) is 27.7 Å². The van der Waals surface area contributed by atoms with Gasteiger partial charge < -0.3 is 4.74 Å². The number of nitrogens with one attached hydrogen (secondary N) is 1. The van der Waals surface area contributed by atoms with Gasteiger partial charge in [-0.1, -0.05) is 35.9 Å². The normalized spacial score (nSPS) is 11.3. The lowest BCUT2D eigenvalue weighted by atomic mass is 10.2. The molecule has 0 aliphatic rings. The predicted molar refractivity (Wildman–Crippen MR) is 133 cm³/mol. The summed E-state index contributed by atoms with van der Waals surface area (Å²) >= 11 is 6.08. The van der Waals surface area contributed by atoms with E-state index >= 15 is 0 Å². The number of benzene rings is 3. The molecule has 0 aliphatic carbocycles. The molecule has 1 amide bonds. The number of hydrogen-bond acceptors (Lipinski definition) is 7. The number of aryl methyl sites for hydroxylation is 1. The van der Waals surface area contributed by atoms with Crippen molar-refractivity contribution in [1.29, 1.82) is 0 Å². The van der Waals surface area contributed by atoms with E-state index in [1.54, 1.807) is 6.07 Å². The molecule has 1 N–H and O–H groups in total. The highest BCUT2D eigenvalue weighted by molar-refractivity contribution is 7.92. The zero-order chi connectivity index (χ0) is 26.5. The van der Waals surface area contributed by atoms with E-state index in [4.69, 9.17) is 16.3 Å². The number of sulfonamides is 1. The smallest absolute Gasteiger partial charge is 0.273 e. The lowest BCUT2D eigenvalue weighted by molar-refractivity contribution is -0.385. The molecule has 188 valence electrons. The Morgan fingerprint density at radius 2 is 1.94 bits per heavy atom. The summed E-state index contributed by atoms with van der Waals surface area (Å²) in [6, 6.07) is 13.2. The van der Waals surface area contributed by atoms with Gasteiger partial charge in [0.05, 0.1) is 28.8 Å². The molecular weight excluding hydrogens is 515 g/mol. The van der Waals surface area contributed by atoms with Gasteiger partial charge in [0.15, 0.2) is 0 Å². The van der Waals surface area contributed by atoms with Gasteiger partial charge in [-0.2, -0.15) is 5.10 Å². The first-order chi connectivity index (χ1) is 17.0. The molecule has 0 saturated heterocycles. The minimum Gasteiger partial charge on any atom is -0.495 e. The maximum atomic E-state index is 13.8. The molecule has 0 unspecified atom stereocenters. The summed E-state index contributed by atoms with van der Waals surface area (Å²) in [6.45, 7) is 0.669. The average molecular weight is 535 g/mol. The monoisotopic (exact) mass is 534 g/mol. The summed E-state index contributed by atoms with van der Waals surface area (Å²) in [5.41, 5.74) is 2.02. The Labute approximate surface area is 211 Å². The number of nitro benzene ring substituents is 1. The van der Waals surface area contributed by atoms with Crippen molar-refractivity contribution in [2.45, 2.75) is 11.8 Å². The molecule has 0 saturated carbocycles. The topological polar surface area (TPSA) is 131 Å². The van der Waals surface area contributed by atoms with E-state index in [1.165, 1.54) is 62.6 Å². The fourth-order valence-electron chi connectivity index (χ4n) is 3.15. The molecule has 10 nitrogen and oxygen atoms in total. The van der Waals surface area contributed by atoms with E-state index in [2.05, 4.69) is 10.5 Å². The highest BCUT2D eigenvalue weighted by Crippen LogP contribution is 2.35. The number of carbonyl (C=O) groups is 1. The second-order valence-corrected chi connectivity index (χ2v) is 9.65. The molecule has 3 aromatic carbocycles. The average Bonchev–Trinajstić information content (AvgIpc) is 2.83. The van der Waals surface area contributed by atoms with Crippen LogP contribution in [0.5, 0.6) is 5.75 Å². The van der Waals surface area contributed by atoms with Gasteiger partial charge in [-0.25, -0.2) is 18.2 Å².